The molecule has 1 fully saturated rings. The summed E-state index contributed by atoms with van der Waals surface area (Å²) >= 11 is 0. The van der Waals surface area contributed by atoms with E-state index in [0.29, 0.717) is 5.92 Å². The zero-order valence-electron chi connectivity index (χ0n) is 14.8. The van der Waals surface area contributed by atoms with E-state index >= 15 is 0 Å². The Morgan fingerprint density at radius 2 is 1.96 bits per heavy atom. The van der Waals surface area contributed by atoms with Crippen LogP contribution < -0.4 is 9.64 Å². The van der Waals surface area contributed by atoms with Gasteiger partial charge in [-0.1, -0.05) is 30.3 Å². The van der Waals surface area contributed by atoms with Crippen LogP contribution in [0.15, 0.2) is 60.8 Å². The Morgan fingerprint density at radius 1 is 1.08 bits per heavy atom. The molecule has 1 atom stereocenters. The minimum Gasteiger partial charge on any atom is -0.497 e. The molecular formula is C22H21N3O. The summed E-state index contributed by atoms with van der Waals surface area (Å²) in [7, 11) is 1.70. The molecule has 130 valence electrons. The molecule has 2 aromatic heterocycles. The molecular weight excluding hydrogens is 322 g/mol. The fourth-order valence-corrected chi connectivity index (χ4v) is 4.11. The number of hydrogen-bond donors (Lipinski definition) is 1. The van der Waals surface area contributed by atoms with E-state index in [1.165, 1.54) is 16.3 Å². The fraction of sp³-hybridized carbons (Fsp3) is 0.227. The fourth-order valence-electron chi connectivity index (χ4n) is 4.11. The smallest absolute Gasteiger partial charge is 0.152 e. The molecule has 0 amide bonds. The van der Waals surface area contributed by atoms with Gasteiger partial charge in [0.2, 0.25) is 0 Å². The number of pyridine rings is 1. The standard InChI is InChI=1S/C22H21N3O/c1-26-17-7-8-18-19-9-11-23-22(21(19)24-20(18)13-17)25-12-10-16(14-25)15-5-3-2-4-6-15/h2-9,11,13,16,24H,10,12,14H2,1H3. The summed E-state index contributed by atoms with van der Waals surface area (Å²) in [5.41, 5.74) is 3.63. The first kappa shape index (κ1) is 15.3. The van der Waals surface area contributed by atoms with E-state index in [-0.39, 0.29) is 0 Å². The van der Waals surface area contributed by atoms with Crippen LogP contribution in [0.3, 0.4) is 0 Å². The molecule has 0 aliphatic carbocycles. The van der Waals surface area contributed by atoms with Gasteiger partial charge in [0.05, 0.1) is 18.1 Å². The Hall–Kier alpha value is -3.01. The zero-order chi connectivity index (χ0) is 17.5. The van der Waals surface area contributed by atoms with Gasteiger partial charge in [0, 0.05) is 42.0 Å². The predicted molar refractivity (Wildman–Crippen MR) is 106 cm³/mol. The van der Waals surface area contributed by atoms with E-state index in [0.717, 1.165) is 42.1 Å². The highest BCUT2D eigenvalue weighted by Crippen LogP contribution is 2.36. The topological polar surface area (TPSA) is 41.1 Å². The van der Waals surface area contributed by atoms with Crippen LogP contribution in [-0.4, -0.2) is 30.2 Å². The van der Waals surface area contributed by atoms with E-state index < -0.39 is 0 Å². The maximum Gasteiger partial charge on any atom is 0.152 e. The second kappa shape index (κ2) is 6.06. The molecule has 1 N–H and O–H groups in total. The summed E-state index contributed by atoms with van der Waals surface area (Å²) in [6, 6.07) is 19.1. The van der Waals surface area contributed by atoms with E-state index in [9.17, 15) is 0 Å². The van der Waals surface area contributed by atoms with Crippen molar-refractivity contribution in [2.45, 2.75) is 12.3 Å². The summed E-state index contributed by atoms with van der Waals surface area (Å²) in [5.74, 6) is 2.48. The van der Waals surface area contributed by atoms with Crippen LogP contribution in [-0.2, 0) is 0 Å². The quantitative estimate of drug-likeness (QED) is 0.585. The van der Waals surface area contributed by atoms with Gasteiger partial charge in [0.25, 0.3) is 0 Å². The largest absolute Gasteiger partial charge is 0.497 e. The third kappa shape index (κ3) is 2.41. The van der Waals surface area contributed by atoms with Crippen LogP contribution in [0.5, 0.6) is 5.75 Å². The molecule has 2 aromatic carbocycles. The lowest BCUT2D eigenvalue weighted by atomic mass is 9.99. The third-order valence-electron chi connectivity index (χ3n) is 5.47. The number of hydrogen-bond acceptors (Lipinski definition) is 3. The second-order valence-corrected chi connectivity index (χ2v) is 6.94. The van der Waals surface area contributed by atoms with Crippen molar-refractivity contribution in [1.82, 2.24) is 9.97 Å². The minimum absolute atomic E-state index is 0.567. The van der Waals surface area contributed by atoms with E-state index in [1.54, 1.807) is 7.11 Å². The van der Waals surface area contributed by atoms with Gasteiger partial charge in [0.1, 0.15) is 5.75 Å². The van der Waals surface area contributed by atoms with E-state index in [2.05, 4.69) is 58.4 Å². The lowest BCUT2D eigenvalue weighted by Gasteiger charge is -2.18. The van der Waals surface area contributed by atoms with Gasteiger partial charge < -0.3 is 14.6 Å². The highest BCUT2D eigenvalue weighted by Gasteiger charge is 2.26. The van der Waals surface area contributed by atoms with Crippen molar-refractivity contribution in [3.8, 4) is 5.75 Å². The second-order valence-electron chi connectivity index (χ2n) is 6.94. The third-order valence-corrected chi connectivity index (χ3v) is 5.47. The monoisotopic (exact) mass is 343 g/mol. The molecule has 0 saturated carbocycles. The Morgan fingerprint density at radius 3 is 2.81 bits per heavy atom. The first-order chi connectivity index (χ1) is 12.8. The van der Waals surface area contributed by atoms with Crippen molar-refractivity contribution in [2.24, 2.45) is 0 Å². The number of benzene rings is 2. The molecule has 1 unspecified atom stereocenters. The molecule has 0 bridgehead atoms. The van der Waals surface area contributed by atoms with Crippen LogP contribution in [0.4, 0.5) is 5.82 Å². The SMILES string of the molecule is COc1ccc2c(c1)[nH]c1c(N3CCC(c4ccccc4)C3)nccc12. The van der Waals surface area contributed by atoms with Gasteiger partial charge in [-0.25, -0.2) is 4.98 Å². The maximum atomic E-state index is 5.37. The van der Waals surface area contributed by atoms with Crippen molar-refractivity contribution in [1.29, 1.82) is 0 Å². The summed E-state index contributed by atoms with van der Waals surface area (Å²) in [4.78, 5) is 10.7. The average molecular weight is 343 g/mol. The van der Waals surface area contributed by atoms with Gasteiger partial charge >= 0.3 is 0 Å². The molecule has 4 heteroatoms. The number of H-pyrrole nitrogens is 1. The Kier molecular flexibility index (Phi) is 3.56. The average Bonchev–Trinajstić information content (AvgIpc) is 3.32. The normalized spacial score (nSPS) is 17.3. The number of fused-ring (bicyclic) bond motifs is 3. The van der Waals surface area contributed by atoms with Crippen molar-refractivity contribution in [3.05, 3.63) is 66.4 Å². The molecule has 3 heterocycles. The number of nitrogens with zero attached hydrogens (tertiary/aromatic N) is 2. The summed E-state index contributed by atoms with van der Waals surface area (Å²) in [6.45, 7) is 2.04. The first-order valence-electron chi connectivity index (χ1n) is 9.08. The molecule has 4 nitrogen and oxygen atoms in total. The number of nitrogens with one attached hydrogen (secondary N) is 1. The highest BCUT2D eigenvalue weighted by molar-refractivity contribution is 6.10. The van der Waals surface area contributed by atoms with Gasteiger partial charge in [-0.15, -0.1) is 0 Å². The minimum atomic E-state index is 0.567. The van der Waals surface area contributed by atoms with E-state index in [1.807, 2.05) is 12.3 Å². The Balaban J connectivity index is 1.55. The molecule has 0 spiro atoms. The number of ether oxygens (including phenoxy) is 1. The van der Waals surface area contributed by atoms with Gasteiger partial charge in [-0.2, -0.15) is 0 Å². The highest BCUT2D eigenvalue weighted by atomic mass is 16.5. The lowest BCUT2D eigenvalue weighted by molar-refractivity contribution is 0.415. The van der Waals surface area contributed by atoms with Crippen molar-refractivity contribution in [2.75, 3.05) is 25.1 Å². The van der Waals surface area contributed by atoms with Crippen LogP contribution in [0.1, 0.15) is 17.9 Å². The predicted octanol–water partition coefficient (Wildman–Crippen LogP) is 4.72. The molecule has 1 aliphatic heterocycles. The van der Waals surface area contributed by atoms with E-state index in [4.69, 9.17) is 9.72 Å². The van der Waals surface area contributed by atoms with Gasteiger partial charge in [0.15, 0.2) is 5.82 Å². The van der Waals surface area contributed by atoms with Crippen LogP contribution in [0.2, 0.25) is 0 Å². The number of aromatic amines is 1. The van der Waals surface area contributed by atoms with Crippen LogP contribution in [0.25, 0.3) is 21.8 Å². The van der Waals surface area contributed by atoms with Crippen LogP contribution >= 0.6 is 0 Å². The molecule has 1 saturated heterocycles. The molecule has 1 aliphatic rings. The van der Waals surface area contributed by atoms with Crippen LogP contribution in [0, 0.1) is 0 Å². The summed E-state index contributed by atoms with van der Waals surface area (Å²) < 4.78 is 5.37. The van der Waals surface area contributed by atoms with Crippen molar-refractivity contribution in [3.63, 3.8) is 0 Å². The molecule has 0 radical (unpaired) electrons. The van der Waals surface area contributed by atoms with Gasteiger partial charge in [-0.05, 0) is 30.2 Å². The number of methoxy groups -OCH3 is 1. The number of aromatic nitrogens is 2. The van der Waals surface area contributed by atoms with Crippen molar-refractivity contribution >= 4 is 27.6 Å². The Labute approximate surface area is 152 Å². The lowest BCUT2D eigenvalue weighted by Crippen LogP contribution is -2.20. The molecule has 26 heavy (non-hydrogen) atoms. The molecule has 4 aromatic rings. The summed E-state index contributed by atoms with van der Waals surface area (Å²) in [5, 5.41) is 2.43. The number of rotatable bonds is 3. The first-order valence-corrected chi connectivity index (χ1v) is 9.08. The maximum absolute atomic E-state index is 5.37. The molecule has 5 rings (SSSR count). The van der Waals surface area contributed by atoms with Gasteiger partial charge in [-0.3, -0.25) is 0 Å². The summed E-state index contributed by atoms with van der Waals surface area (Å²) in [6.07, 6.45) is 3.08. The zero-order valence-corrected chi connectivity index (χ0v) is 14.8. The van der Waals surface area contributed by atoms with Crippen molar-refractivity contribution < 1.29 is 4.74 Å². The number of anilines is 1. The Bertz CT molecular complexity index is 1070.